The van der Waals surface area contributed by atoms with Gasteiger partial charge in [-0.25, -0.2) is 9.78 Å². The molecule has 0 saturated heterocycles. The maximum Gasteiger partial charge on any atom is 0.339 e. The number of ether oxygens (including phenoxy) is 2. The van der Waals surface area contributed by atoms with Crippen molar-refractivity contribution in [3.8, 4) is 17.0 Å². The highest BCUT2D eigenvalue weighted by molar-refractivity contribution is 7.12. The number of aryl methyl sites for hydroxylation is 3. The third-order valence-electron chi connectivity index (χ3n) is 5.47. The van der Waals surface area contributed by atoms with Crippen LogP contribution in [0.1, 0.15) is 44.3 Å². The summed E-state index contributed by atoms with van der Waals surface area (Å²) in [7, 11) is 1.57. The number of fused-ring (bicyclic) bond motifs is 1. The Bertz CT molecular complexity index is 1370. The van der Waals surface area contributed by atoms with Gasteiger partial charge >= 0.3 is 5.97 Å². The number of carbonyl (C=O) groups excluding carboxylic acids is 2. The van der Waals surface area contributed by atoms with E-state index in [0.29, 0.717) is 22.5 Å². The van der Waals surface area contributed by atoms with Crippen molar-refractivity contribution in [2.75, 3.05) is 13.7 Å². The zero-order chi connectivity index (χ0) is 24.4. The first kappa shape index (κ1) is 23.4. The van der Waals surface area contributed by atoms with Gasteiger partial charge in [0.25, 0.3) is 11.6 Å². The van der Waals surface area contributed by atoms with E-state index in [4.69, 9.17) is 14.0 Å². The molecule has 1 unspecified atom stereocenters. The Kier molecular flexibility index (Phi) is 6.65. The van der Waals surface area contributed by atoms with Crippen LogP contribution in [-0.4, -0.2) is 35.7 Å². The summed E-state index contributed by atoms with van der Waals surface area (Å²) in [4.78, 5) is 32.3. The number of para-hydroxylation sites is 1. The number of hydrogen-bond acceptors (Lipinski definition) is 8. The molecule has 3 heterocycles. The fraction of sp³-hybridized carbons (Fsp3) is 0.280. The standard InChI is InChI=1S/C25H25N3O5S/c1-13-10-18(16(4)34-13)20-11-19(23-15(3)28-33-24(23)27-20)25(30)32-12-22(29)26-14(2)17-8-6-7-9-21(17)31-5/h6-11,14H,12H2,1-5H3,(H,26,29). The first-order valence-electron chi connectivity index (χ1n) is 10.7. The highest BCUT2D eigenvalue weighted by Gasteiger charge is 2.23. The third-order valence-corrected chi connectivity index (χ3v) is 6.44. The Balaban J connectivity index is 1.53. The maximum atomic E-state index is 13.0. The molecule has 0 fully saturated rings. The number of amides is 1. The van der Waals surface area contributed by atoms with Gasteiger partial charge in [-0.15, -0.1) is 11.3 Å². The zero-order valence-corrected chi connectivity index (χ0v) is 20.4. The second kappa shape index (κ2) is 9.64. The van der Waals surface area contributed by atoms with Crippen LogP contribution in [0.5, 0.6) is 5.75 Å². The van der Waals surface area contributed by atoms with Crippen molar-refractivity contribution in [3.63, 3.8) is 0 Å². The van der Waals surface area contributed by atoms with Crippen molar-refractivity contribution in [2.24, 2.45) is 0 Å². The number of nitrogens with zero attached hydrogens (tertiary/aromatic N) is 2. The molecule has 9 heteroatoms. The lowest BCUT2D eigenvalue weighted by Gasteiger charge is -2.17. The first-order valence-corrected chi connectivity index (χ1v) is 11.5. The summed E-state index contributed by atoms with van der Waals surface area (Å²) in [5.74, 6) is -0.408. The second-order valence-corrected chi connectivity index (χ2v) is 9.40. The van der Waals surface area contributed by atoms with Gasteiger partial charge in [-0.05, 0) is 45.9 Å². The van der Waals surface area contributed by atoms with Crippen LogP contribution in [0.2, 0.25) is 0 Å². The van der Waals surface area contributed by atoms with E-state index in [1.54, 1.807) is 31.4 Å². The smallest absolute Gasteiger partial charge is 0.339 e. The Hall–Kier alpha value is -3.72. The largest absolute Gasteiger partial charge is 0.496 e. The van der Waals surface area contributed by atoms with E-state index in [1.165, 1.54) is 0 Å². The van der Waals surface area contributed by atoms with Gasteiger partial charge in [-0.3, -0.25) is 4.79 Å². The number of thiophene rings is 1. The van der Waals surface area contributed by atoms with Gasteiger partial charge < -0.3 is 19.3 Å². The van der Waals surface area contributed by atoms with E-state index in [-0.39, 0.29) is 17.3 Å². The van der Waals surface area contributed by atoms with Crippen molar-refractivity contribution in [1.29, 1.82) is 0 Å². The van der Waals surface area contributed by atoms with Crippen LogP contribution in [-0.2, 0) is 9.53 Å². The predicted octanol–water partition coefficient (Wildman–Crippen LogP) is 4.92. The number of methoxy groups -OCH3 is 1. The number of benzene rings is 1. The van der Waals surface area contributed by atoms with Crippen LogP contribution in [0.15, 0.2) is 40.9 Å². The Labute approximate surface area is 200 Å². The van der Waals surface area contributed by atoms with Crippen LogP contribution in [0.25, 0.3) is 22.4 Å². The molecular formula is C25H25N3O5S. The number of rotatable bonds is 7. The molecule has 4 aromatic rings. The van der Waals surface area contributed by atoms with Crippen molar-refractivity contribution >= 4 is 34.3 Å². The summed E-state index contributed by atoms with van der Waals surface area (Å²) in [5.41, 5.74) is 3.36. The predicted molar refractivity (Wildman–Crippen MR) is 129 cm³/mol. The number of carbonyl (C=O) groups is 2. The van der Waals surface area contributed by atoms with Gasteiger partial charge in [-0.1, -0.05) is 23.4 Å². The summed E-state index contributed by atoms with van der Waals surface area (Å²) < 4.78 is 16.1. The molecule has 0 saturated carbocycles. The monoisotopic (exact) mass is 479 g/mol. The van der Waals surface area contributed by atoms with E-state index in [2.05, 4.69) is 15.5 Å². The van der Waals surface area contributed by atoms with Crippen LogP contribution < -0.4 is 10.1 Å². The summed E-state index contributed by atoms with van der Waals surface area (Å²) in [5, 5.41) is 7.26. The SMILES string of the molecule is COc1ccccc1C(C)NC(=O)COC(=O)c1cc(-c2cc(C)sc2C)nc2onc(C)c12. The van der Waals surface area contributed by atoms with E-state index in [1.807, 2.05) is 51.1 Å². The summed E-state index contributed by atoms with van der Waals surface area (Å²) in [6, 6.07) is 10.8. The van der Waals surface area contributed by atoms with E-state index in [9.17, 15) is 9.59 Å². The van der Waals surface area contributed by atoms with E-state index in [0.717, 1.165) is 20.9 Å². The van der Waals surface area contributed by atoms with Crippen LogP contribution in [0, 0.1) is 20.8 Å². The lowest BCUT2D eigenvalue weighted by Crippen LogP contribution is -2.31. The Morgan fingerprint density at radius 3 is 2.65 bits per heavy atom. The Morgan fingerprint density at radius 2 is 1.94 bits per heavy atom. The number of aromatic nitrogens is 2. The fourth-order valence-corrected chi connectivity index (χ4v) is 4.81. The van der Waals surface area contributed by atoms with Gasteiger partial charge in [0.1, 0.15) is 5.75 Å². The summed E-state index contributed by atoms with van der Waals surface area (Å²) in [6.07, 6.45) is 0. The van der Waals surface area contributed by atoms with Gasteiger partial charge in [-0.2, -0.15) is 0 Å². The quantitative estimate of drug-likeness (QED) is 0.375. The third kappa shape index (κ3) is 4.65. The van der Waals surface area contributed by atoms with Crippen LogP contribution in [0.4, 0.5) is 0 Å². The van der Waals surface area contributed by atoms with Crippen molar-refractivity contribution in [2.45, 2.75) is 33.7 Å². The molecule has 1 amide bonds. The summed E-state index contributed by atoms with van der Waals surface area (Å²) >= 11 is 1.65. The lowest BCUT2D eigenvalue weighted by atomic mass is 10.1. The summed E-state index contributed by atoms with van der Waals surface area (Å²) in [6.45, 7) is 7.14. The molecule has 4 rings (SSSR count). The number of hydrogen-bond donors (Lipinski definition) is 1. The maximum absolute atomic E-state index is 13.0. The second-order valence-electron chi connectivity index (χ2n) is 7.94. The minimum Gasteiger partial charge on any atom is -0.496 e. The topological polar surface area (TPSA) is 104 Å². The minimum atomic E-state index is -0.648. The molecule has 8 nitrogen and oxygen atoms in total. The van der Waals surface area contributed by atoms with Crippen LogP contribution >= 0.6 is 11.3 Å². The average Bonchev–Trinajstić information content (AvgIpc) is 3.37. The molecule has 3 aromatic heterocycles. The molecule has 0 radical (unpaired) electrons. The molecule has 0 aliphatic heterocycles. The molecule has 34 heavy (non-hydrogen) atoms. The van der Waals surface area contributed by atoms with E-state index >= 15 is 0 Å². The van der Waals surface area contributed by atoms with Gasteiger partial charge in [0.2, 0.25) is 0 Å². The Morgan fingerprint density at radius 1 is 1.18 bits per heavy atom. The molecule has 0 spiro atoms. The first-order chi connectivity index (χ1) is 16.3. The molecule has 0 aliphatic rings. The number of esters is 1. The molecule has 0 aliphatic carbocycles. The fourth-order valence-electron chi connectivity index (χ4n) is 3.87. The molecule has 1 N–H and O–H groups in total. The van der Waals surface area contributed by atoms with E-state index < -0.39 is 18.5 Å². The highest BCUT2D eigenvalue weighted by atomic mass is 32.1. The molecular weight excluding hydrogens is 454 g/mol. The minimum absolute atomic E-state index is 0.249. The highest BCUT2D eigenvalue weighted by Crippen LogP contribution is 2.33. The molecule has 1 atom stereocenters. The zero-order valence-electron chi connectivity index (χ0n) is 19.6. The van der Waals surface area contributed by atoms with Crippen molar-refractivity contribution < 1.29 is 23.6 Å². The average molecular weight is 480 g/mol. The van der Waals surface area contributed by atoms with Crippen molar-refractivity contribution in [1.82, 2.24) is 15.5 Å². The number of nitrogens with one attached hydrogen (secondary N) is 1. The van der Waals surface area contributed by atoms with Gasteiger partial charge in [0, 0.05) is 20.9 Å². The van der Waals surface area contributed by atoms with Gasteiger partial charge in [0.15, 0.2) is 6.61 Å². The molecule has 176 valence electrons. The molecule has 1 aromatic carbocycles. The van der Waals surface area contributed by atoms with Crippen LogP contribution in [0.3, 0.4) is 0 Å². The lowest BCUT2D eigenvalue weighted by molar-refractivity contribution is -0.124. The normalized spacial score (nSPS) is 11.9. The van der Waals surface area contributed by atoms with Gasteiger partial charge in [0.05, 0.1) is 35.5 Å². The van der Waals surface area contributed by atoms with Crippen molar-refractivity contribution in [3.05, 3.63) is 63.0 Å². The number of pyridine rings is 1. The molecule has 0 bridgehead atoms.